The largest absolute Gasteiger partial charge is 0.495 e. The van der Waals surface area contributed by atoms with Crippen LogP contribution in [0.5, 0.6) is 5.75 Å². The minimum absolute atomic E-state index is 0.479. The molecule has 0 unspecified atom stereocenters. The number of benzene rings is 1. The van der Waals surface area contributed by atoms with E-state index in [0.717, 1.165) is 17.0 Å². The van der Waals surface area contributed by atoms with E-state index in [0.29, 0.717) is 16.5 Å². The van der Waals surface area contributed by atoms with Crippen LogP contribution in [0.2, 0.25) is 5.15 Å². The summed E-state index contributed by atoms with van der Waals surface area (Å²) in [6.45, 7) is 0. The van der Waals surface area contributed by atoms with Crippen LogP contribution in [0.1, 0.15) is 5.56 Å². The summed E-state index contributed by atoms with van der Waals surface area (Å²) >= 11 is 6.21. The highest BCUT2D eigenvalue weighted by molar-refractivity contribution is 6.33. The molecule has 1 aromatic heterocycles. The first kappa shape index (κ1) is 12.5. The van der Waals surface area contributed by atoms with Gasteiger partial charge >= 0.3 is 5.97 Å². The SMILES string of the molecule is COc1cccc2c(/C=C/C(=O)O)c(Cl)n(C)c12. The molecule has 2 aromatic rings. The number of aliphatic carboxylic acids is 1. The third-order valence-electron chi connectivity index (χ3n) is 2.75. The molecule has 0 atom stereocenters. The maximum absolute atomic E-state index is 10.6. The van der Waals surface area contributed by atoms with Crippen molar-refractivity contribution in [1.29, 1.82) is 0 Å². The van der Waals surface area contributed by atoms with E-state index in [2.05, 4.69) is 0 Å². The highest BCUT2D eigenvalue weighted by Crippen LogP contribution is 2.35. The quantitative estimate of drug-likeness (QED) is 0.868. The summed E-state index contributed by atoms with van der Waals surface area (Å²) in [6.07, 6.45) is 2.56. The average molecular weight is 266 g/mol. The number of hydrogen-bond acceptors (Lipinski definition) is 2. The van der Waals surface area contributed by atoms with Crippen LogP contribution < -0.4 is 4.74 Å². The number of methoxy groups -OCH3 is 1. The standard InChI is InChI=1S/C13H12ClNO3/c1-15-12-8(4-3-5-10(12)18-2)9(13(15)14)6-7-11(16)17/h3-7H,1-2H3,(H,16,17)/b7-6+. The second-order valence-corrected chi connectivity index (χ2v) is 4.15. The van der Waals surface area contributed by atoms with Crippen LogP contribution >= 0.6 is 11.6 Å². The predicted octanol–water partition coefficient (Wildman–Crippen LogP) is 2.94. The molecule has 0 aliphatic carbocycles. The van der Waals surface area contributed by atoms with E-state index in [1.807, 2.05) is 25.2 Å². The fraction of sp³-hybridized carbons (Fsp3) is 0.154. The van der Waals surface area contributed by atoms with Crippen molar-refractivity contribution in [2.45, 2.75) is 0 Å². The number of halogens is 1. The molecule has 1 heterocycles. The number of nitrogens with zero attached hydrogens (tertiary/aromatic N) is 1. The van der Waals surface area contributed by atoms with Gasteiger partial charge in [0.1, 0.15) is 10.9 Å². The van der Waals surface area contributed by atoms with Crippen LogP contribution in [-0.2, 0) is 11.8 Å². The number of ether oxygens (including phenoxy) is 1. The third-order valence-corrected chi connectivity index (χ3v) is 3.21. The summed E-state index contributed by atoms with van der Waals surface area (Å²) in [6, 6.07) is 5.56. The lowest BCUT2D eigenvalue weighted by molar-refractivity contribution is -0.131. The maximum Gasteiger partial charge on any atom is 0.328 e. The topological polar surface area (TPSA) is 51.5 Å². The molecule has 0 saturated carbocycles. The van der Waals surface area contributed by atoms with E-state index in [9.17, 15) is 4.79 Å². The van der Waals surface area contributed by atoms with Crippen LogP contribution in [0.15, 0.2) is 24.3 Å². The molecule has 1 N–H and O–H groups in total. The number of fused-ring (bicyclic) bond motifs is 1. The normalized spacial score (nSPS) is 11.3. The molecular formula is C13H12ClNO3. The molecule has 2 rings (SSSR count). The first-order chi connectivity index (χ1) is 8.56. The van der Waals surface area contributed by atoms with Crippen molar-refractivity contribution in [3.63, 3.8) is 0 Å². The van der Waals surface area contributed by atoms with E-state index in [-0.39, 0.29) is 0 Å². The van der Waals surface area contributed by atoms with Gasteiger partial charge in [-0.3, -0.25) is 0 Å². The molecule has 18 heavy (non-hydrogen) atoms. The van der Waals surface area contributed by atoms with Crippen molar-refractivity contribution in [2.75, 3.05) is 7.11 Å². The van der Waals surface area contributed by atoms with E-state index in [1.165, 1.54) is 6.08 Å². The number of rotatable bonds is 3. The number of carboxylic acids is 1. The number of aryl methyl sites for hydroxylation is 1. The summed E-state index contributed by atoms with van der Waals surface area (Å²) in [4.78, 5) is 10.6. The Kier molecular flexibility index (Phi) is 3.30. The van der Waals surface area contributed by atoms with Gasteiger partial charge in [-0.1, -0.05) is 23.7 Å². The van der Waals surface area contributed by atoms with E-state index >= 15 is 0 Å². The van der Waals surface area contributed by atoms with Crippen LogP contribution in [0, 0.1) is 0 Å². The van der Waals surface area contributed by atoms with Gasteiger partial charge in [0, 0.05) is 24.1 Å². The Balaban J connectivity index is 2.75. The first-order valence-corrected chi connectivity index (χ1v) is 5.66. The van der Waals surface area contributed by atoms with Gasteiger partial charge in [-0.2, -0.15) is 0 Å². The van der Waals surface area contributed by atoms with Crippen molar-refractivity contribution in [1.82, 2.24) is 4.57 Å². The second-order valence-electron chi connectivity index (χ2n) is 3.79. The molecule has 0 bridgehead atoms. The van der Waals surface area contributed by atoms with Gasteiger partial charge in [0.05, 0.1) is 12.6 Å². The molecule has 5 heteroatoms. The average Bonchev–Trinajstić information content (AvgIpc) is 2.60. The van der Waals surface area contributed by atoms with Crippen molar-refractivity contribution in [2.24, 2.45) is 7.05 Å². The zero-order valence-corrected chi connectivity index (χ0v) is 10.7. The predicted molar refractivity (Wildman–Crippen MR) is 71.2 cm³/mol. The zero-order valence-electron chi connectivity index (χ0n) is 9.98. The summed E-state index contributed by atoms with van der Waals surface area (Å²) in [5.41, 5.74) is 1.52. The smallest absolute Gasteiger partial charge is 0.328 e. The highest BCUT2D eigenvalue weighted by atomic mass is 35.5. The number of carboxylic acid groups (broad SMARTS) is 1. The van der Waals surface area contributed by atoms with Crippen LogP contribution in [-0.4, -0.2) is 22.8 Å². The fourth-order valence-electron chi connectivity index (χ4n) is 1.95. The van der Waals surface area contributed by atoms with Crippen LogP contribution in [0.25, 0.3) is 17.0 Å². The molecular weight excluding hydrogens is 254 g/mol. The van der Waals surface area contributed by atoms with Crippen molar-refractivity contribution < 1.29 is 14.6 Å². The van der Waals surface area contributed by atoms with Crippen molar-refractivity contribution >= 4 is 34.5 Å². The summed E-state index contributed by atoms with van der Waals surface area (Å²) < 4.78 is 7.06. The Bertz CT molecular complexity index is 643. The van der Waals surface area contributed by atoms with Gasteiger partial charge in [0.15, 0.2) is 0 Å². The number of hydrogen-bond donors (Lipinski definition) is 1. The van der Waals surface area contributed by atoms with Gasteiger partial charge in [-0.15, -0.1) is 0 Å². The van der Waals surface area contributed by atoms with E-state index < -0.39 is 5.97 Å². The highest BCUT2D eigenvalue weighted by Gasteiger charge is 2.14. The molecule has 0 radical (unpaired) electrons. The molecule has 94 valence electrons. The fourth-order valence-corrected chi connectivity index (χ4v) is 2.20. The van der Waals surface area contributed by atoms with Crippen molar-refractivity contribution in [3.8, 4) is 5.75 Å². The minimum Gasteiger partial charge on any atom is -0.495 e. The van der Waals surface area contributed by atoms with Gasteiger partial charge in [-0.05, 0) is 12.1 Å². The molecule has 0 spiro atoms. The third kappa shape index (κ3) is 1.95. The van der Waals surface area contributed by atoms with Crippen LogP contribution in [0.4, 0.5) is 0 Å². The van der Waals surface area contributed by atoms with Crippen LogP contribution in [0.3, 0.4) is 0 Å². The molecule has 0 aliphatic rings. The minimum atomic E-state index is -1.01. The van der Waals surface area contributed by atoms with Gasteiger partial charge < -0.3 is 14.4 Å². The Morgan fingerprint density at radius 2 is 2.22 bits per heavy atom. The van der Waals surface area contributed by atoms with Gasteiger partial charge in [-0.25, -0.2) is 4.79 Å². The maximum atomic E-state index is 10.6. The second kappa shape index (κ2) is 4.74. The molecule has 0 fully saturated rings. The molecule has 0 aliphatic heterocycles. The summed E-state index contributed by atoms with van der Waals surface area (Å²) in [5, 5.41) is 10.0. The Labute approximate surface area is 109 Å². The number of carbonyl (C=O) groups is 1. The Hall–Kier alpha value is -1.94. The number of para-hydroxylation sites is 1. The van der Waals surface area contributed by atoms with Crippen molar-refractivity contribution in [3.05, 3.63) is 35.0 Å². The molecule has 4 nitrogen and oxygen atoms in total. The Morgan fingerprint density at radius 1 is 1.50 bits per heavy atom. The summed E-state index contributed by atoms with van der Waals surface area (Å²) in [7, 11) is 3.40. The van der Waals surface area contributed by atoms with Gasteiger partial charge in [0.2, 0.25) is 0 Å². The lowest BCUT2D eigenvalue weighted by Gasteiger charge is -2.04. The molecule has 0 amide bonds. The zero-order chi connectivity index (χ0) is 13.3. The lowest BCUT2D eigenvalue weighted by atomic mass is 10.1. The monoisotopic (exact) mass is 265 g/mol. The first-order valence-electron chi connectivity index (χ1n) is 5.28. The Morgan fingerprint density at radius 3 is 2.83 bits per heavy atom. The van der Waals surface area contributed by atoms with E-state index in [4.69, 9.17) is 21.4 Å². The van der Waals surface area contributed by atoms with Gasteiger partial charge in [0.25, 0.3) is 0 Å². The molecule has 0 saturated heterocycles. The lowest BCUT2D eigenvalue weighted by Crippen LogP contribution is -1.91. The summed E-state index contributed by atoms with van der Waals surface area (Å²) in [5.74, 6) is -0.308. The number of aromatic nitrogens is 1. The molecule has 1 aromatic carbocycles. The van der Waals surface area contributed by atoms with E-state index in [1.54, 1.807) is 11.7 Å².